The summed E-state index contributed by atoms with van der Waals surface area (Å²) >= 11 is 0. The quantitative estimate of drug-likeness (QED) is 0.511. The molecule has 0 unspecified atom stereocenters. The molecular weight excluding hydrogens is 370 g/mol. The van der Waals surface area contributed by atoms with Gasteiger partial charge in [-0.05, 0) is 36.6 Å². The number of hydrogen-bond donors (Lipinski definition) is 1. The van der Waals surface area contributed by atoms with Crippen molar-refractivity contribution in [2.75, 3.05) is 0 Å². The second-order valence-electron chi connectivity index (χ2n) is 8.06. The molecule has 2 aliphatic heterocycles. The molecule has 0 bridgehead atoms. The zero-order valence-electron chi connectivity index (χ0n) is 16.4. The molecule has 148 valence electrons. The van der Waals surface area contributed by atoms with Gasteiger partial charge in [-0.25, -0.2) is 4.57 Å². The summed E-state index contributed by atoms with van der Waals surface area (Å²) in [6.07, 6.45) is 3.62. The van der Waals surface area contributed by atoms with Crippen LogP contribution in [0, 0.1) is 5.92 Å². The number of β-lactam (4-membered cyclic amide) rings is 1. The van der Waals surface area contributed by atoms with E-state index in [2.05, 4.69) is 4.57 Å². The van der Waals surface area contributed by atoms with E-state index in [9.17, 15) is 19.8 Å². The van der Waals surface area contributed by atoms with Gasteiger partial charge in [-0.3, -0.25) is 4.79 Å². The van der Waals surface area contributed by atoms with Crippen molar-refractivity contribution in [2.24, 2.45) is 20.0 Å². The number of aliphatic carboxylic acids is 1. The highest BCUT2D eigenvalue weighted by Crippen LogP contribution is 2.47. The smallest absolute Gasteiger partial charge is 0.235 e. The first-order valence-corrected chi connectivity index (χ1v) is 9.63. The van der Waals surface area contributed by atoms with Crippen LogP contribution < -0.4 is 9.67 Å². The lowest BCUT2D eigenvalue weighted by Crippen LogP contribution is -2.62. The Kier molecular flexibility index (Phi) is 3.64. The Balaban J connectivity index is 1.69. The van der Waals surface area contributed by atoms with E-state index in [1.54, 1.807) is 6.92 Å². The van der Waals surface area contributed by atoms with Crippen LogP contribution in [0.4, 0.5) is 0 Å². The van der Waals surface area contributed by atoms with E-state index in [-0.39, 0.29) is 17.6 Å². The number of carboxylic acids is 1. The predicted molar refractivity (Wildman–Crippen MR) is 104 cm³/mol. The Labute approximate surface area is 167 Å². The normalized spacial score (nSPS) is 22.3. The average Bonchev–Trinajstić information content (AvgIpc) is 3.14. The average molecular weight is 391 g/mol. The van der Waals surface area contributed by atoms with Crippen molar-refractivity contribution in [1.29, 1.82) is 0 Å². The molecule has 3 atom stereocenters. The number of hydrogen-bond acceptors (Lipinski definition) is 4. The number of carboxylic acid groups (broad SMARTS) is 1. The second kappa shape index (κ2) is 5.90. The van der Waals surface area contributed by atoms with Crippen LogP contribution in [0.15, 0.2) is 42.4 Å². The minimum absolute atomic E-state index is 0.0676. The van der Waals surface area contributed by atoms with Crippen molar-refractivity contribution in [3.63, 3.8) is 0 Å². The van der Waals surface area contributed by atoms with Gasteiger partial charge < -0.3 is 24.5 Å². The third-order valence-corrected chi connectivity index (χ3v) is 6.36. The van der Waals surface area contributed by atoms with Crippen LogP contribution in [-0.2, 0) is 23.7 Å². The molecule has 4 heterocycles. The van der Waals surface area contributed by atoms with Crippen molar-refractivity contribution >= 4 is 39.3 Å². The van der Waals surface area contributed by atoms with Crippen LogP contribution >= 0.6 is 0 Å². The summed E-state index contributed by atoms with van der Waals surface area (Å²) in [6.45, 7) is 1.57. The first kappa shape index (κ1) is 17.9. The Morgan fingerprint density at radius 1 is 1.28 bits per heavy atom. The summed E-state index contributed by atoms with van der Waals surface area (Å²) in [5, 5.41) is 23.9. The third-order valence-electron chi connectivity index (χ3n) is 6.36. The fraction of sp³-hybridized carbons (Fsp3) is 0.318. The van der Waals surface area contributed by atoms with Crippen LogP contribution in [0.2, 0.25) is 0 Å². The minimum atomic E-state index is -1.36. The Bertz CT molecular complexity index is 1250. The Morgan fingerprint density at radius 2 is 2.00 bits per heavy atom. The number of pyridine rings is 1. The third kappa shape index (κ3) is 2.31. The molecule has 7 nitrogen and oxygen atoms in total. The van der Waals surface area contributed by atoms with Gasteiger partial charge in [-0.1, -0.05) is 6.07 Å². The number of fused-ring (bicyclic) bond motifs is 4. The number of carbonyl (C=O) groups is 2. The van der Waals surface area contributed by atoms with Crippen LogP contribution in [0.5, 0.6) is 0 Å². The summed E-state index contributed by atoms with van der Waals surface area (Å²) in [5.74, 6) is -2.27. The molecule has 3 aromatic rings. The molecule has 29 heavy (non-hydrogen) atoms. The molecule has 1 N–H and O–H groups in total. The first-order valence-electron chi connectivity index (χ1n) is 9.63. The van der Waals surface area contributed by atoms with Gasteiger partial charge in [0.25, 0.3) is 0 Å². The second-order valence-corrected chi connectivity index (χ2v) is 8.06. The molecule has 5 rings (SSSR count). The monoisotopic (exact) mass is 391 g/mol. The lowest BCUT2D eigenvalue weighted by Gasteiger charge is -2.45. The van der Waals surface area contributed by atoms with E-state index in [0.29, 0.717) is 12.0 Å². The largest absolute Gasteiger partial charge is 0.543 e. The zero-order chi connectivity index (χ0) is 20.6. The highest BCUT2D eigenvalue weighted by atomic mass is 16.4. The summed E-state index contributed by atoms with van der Waals surface area (Å²) in [4.78, 5) is 25.6. The lowest BCUT2D eigenvalue weighted by atomic mass is 9.82. The van der Waals surface area contributed by atoms with E-state index >= 15 is 0 Å². The number of nitrogens with zero attached hydrogens (tertiary/aromatic N) is 3. The maximum Gasteiger partial charge on any atom is 0.235 e. The number of aromatic nitrogens is 2. The van der Waals surface area contributed by atoms with Gasteiger partial charge >= 0.3 is 0 Å². The van der Waals surface area contributed by atoms with Gasteiger partial charge in [0.2, 0.25) is 5.91 Å². The summed E-state index contributed by atoms with van der Waals surface area (Å²) in [6, 6.07) is 7.59. The fourth-order valence-electron chi connectivity index (χ4n) is 4.97. The number of rotatable bonds is 3. The number of aliphatic hydroxyl groups is 1. The van der Waals surface area contributed by atoms with Gasteiger partial charge in [0.05, 0.1) is 40.6 Å². The van der Waals surface area contributed by atoms with E-state index in [1.165, 1.54) is 4.90 Å². The predicted octanol–water partition coefficient (Wildman–Crippen LogP) is 0.228. The molecule has 0 aliphatic carbocycles. The number of aryl methyl sites for hydroxylation is 2. The number of amides is 1. The zero-order valence-corrected chi connectivity index (χ0v) is 16.4. The number of benzene rings is 1. The SMILES string of the molecule is C[C@@H](O)[C@H]1C(=O)N2C(C(=O)[O-])=C(c3ccc4c(c3)c3c[n+](C)ccc3n4C)C[C@H]12. The maximum atomic E-state index is 12.4. The summed E-state index contributed by atoms with van der Waals surface area (Å²) in [5.41, 5.74) is 3.42. The molecule has 1 amide bonds. The number of carbonyl (C=O) groups excluding carboxylic acids is 2. The summed E-state index contributed by atoms with van der Waals surface area (Å²) < 4.78 is 4.09. The van der Waals surface area contributed by atoms with Gasteiger partial charge in [-0.15, -0.1) is 0 Å². The van der Waals surface area contributed by atoms with Crippen molar-refractivity contribution in [1.82, 2.24) is 9.47 Å². The Hall–Kier alpha value is -3.19. The van der Waals surface area contributed by atoms with E-state index in [1.807, 2.05) is 55.3 Å². The van der Waals surface area contributed by atoms with Gasteiger partial charge in [0.1, 0.15) is 7.05 Å². The number of aliphatic hydroxyl groups excluding tert-OH is 1. The van der Waals surface area contributed by atoms with Gasteiger partial charge in [-0.2, -0.15) is 0 Å². The highest BCUT2D eigenvalue weighted by Gasteiger charge is 2.55. The van der Waals surface area contributed by atoms with Crippen LogP contribution in [-0.4, -0.2) is 38.6 Å². The summed E-state index contributed by atoms with van der Waals surface area (Å²) in [7, 11) is 3.96. The lowest BCUT2D eigenvalue weighted by molar-refractivity contribution is -0.670. The van der Waals surface area contributed by atoms with Gasteiger partial charge in [0.15, 0.2) is 12.4 Å². The molecule has 0 radical (unpaired) electrons. The standard InChI is InChI=1S/C22H21N3O4/c1-11(26)19-18-9-13(20(22(28)29)25(18)21(19)27)12-4-5-16-14(8-12)15-10-23(2)7-6-17(15)24(16)3/h4-8,10-11,18-19,26H,9H2,1-3H3/t11-,18-,19-/m1/s1. The van der Waals surface area contributed by atoms with Gasteiger partial charge in [0, 0.05) is 24.0 Å². The molecular formula is C22H21N3O4. The molecule has 1 saturated heterocycles. The van der Waals surface area contributed by atoms with E-state index < -0.39 is 18.0 Å². The van der Waals surface area contributed by atoms with Crippen molar-refractivity contribution in [2.45, 2.75) is 25.5 Å². The molecule has 0 spiro atoms. The Morgan fingerprint density at radius 3 is 2.69 bits per heavy atom. The molecule has 2 aliphatic rings. The topological polar surface area (TPSA) is 89.5 Å². The maximum absolute atomic E-state index is 12.4. The van der Waals surface area contributed by atoms with Crippen LogP contribution in [0.3, 0.4) is 0 Å². The van der Waals surface area contributed by atoms with Crippen LogP contribution in [0.1, 0.15) is 18.9 Å². The van der Waals surface area contributed by atoms with Crippen molar-refractivity contribution in [3.8, 4) is 0 Å². The van der Waals surface area contributed by atoms with Crippen LogP contribution in [0.25, 0.3) is 27.4 Å². The molecule has 2 aromatic heterocycles. The van der Waals surface area contributed by atoms with E-state index in [4.69, 9.17) is 0 Å². The molecule has 0 saturated carbocycles. The molecule has 1 fully saturated rings. The molecule has 1 aromatic carbocycles. The van der Waals surface area contributed by atoms with E-state index in [0.717, 1.165) is 27.4 Å². The fourth-order valence-corrected chi connectivity index (χ4v) is 4.97. The molecule has 7 heteroatoms. The van der Waals surface area contributed by atoms with Crippen molar-refractivity contribution in [3.05, 3.63) is 47.9 Å². The first-order chi connectivity index (χ1) is 13.8. The van der Waals surface area contributed by atoms with Crippen molar-refractivity contribution < 1.29 is 24.4 Å². The minimum Gasteiger partial charge on any atom is -0.543 e. The highest BCUT2D eigenvalue weighted by molar-refractivity contribution is 6.10.